The van der Waals surface area contributed by atoms with Gasteiger partial charge < -0.3 is 9.84 Å². The summed E-state index contributed by atoms with van der Waals surface area (Å²) in [6.07, 6.45) is 3.75. The lowest BCUT2D eigenvalue weighted by atomic mass is 10.2. The molecule has 7 heteroatoms. The molecule has 1 amide bonds. The number of benzene rings is 1. The summed E-state index contributed by atoms with van der Waals surface area (Å²) < 4.78 is 5.00. The summed E-state index contributed by atoms with van der Waals surface area (Å²) in [4.78, 5) is 11.9. The van der Waals surface area contributed by atoms with Gasteiger partial charge in [-0.3, -0.25) is 9.89 Å². The molecule has 0 atom stereocenters. The molecule has 0 saturated heterocycles. The first-order valence-corrected chi connectivity index (χ1v) is 6.93. The maximum absolute atomic E-state index is 11.9. The molecule has 3 N–H and O–H groups in total. The standard InChI is InChI=1S/C15H16N4O3/c1-22-14-6-9(2-5-13(14)20)8-16-19-15(21)12-7-11(17-18-12)10-3-4-10/h2,5-8,10,20H,3-4H2,1H3,(H,17,18)(H,19,21)/b16-8+. The fraction of sp³-hybridized carbons (Fsp3) is 0.267. The van der Waals surface area contributed by atoms with E-state index >= 15 is 0 Å². The lowest BCUT2D eigenvalue weighted by Crippen LogP contribution is -2.18. The number of aromatic amines is 1. The van der Waals surface area contributed by atoms with Gasteiger partial charge in [-0.25, -0.2) is 5.43 Å². The Labute approximate surface area is 127 Å². The van der Waals surface area contributed by atoms with Gasteiger partial charge in [-0.05, 0) is 42.7 Å². The molecule has 0 aliphatic heterocycles. The lowest BCUT2D eigenvalue weighted by molar-refractivity contribution is 0.0950. The second-order valence-electron chi connectivity index (χ2n) is 5.11. The fourth-order valence-corrected chi connectivity index (χ4v) is 2.05. The predicted molar refractivity (Wildman–Crippen MR) is 80.3 cm³/mol. The van der Waals surface area contributed by atoms with E-state index < -0.39 is 0 Å². The van der Waals surface area contributed by atoms with Crippen LogP contribution in [0.15, 0.2) is 29.4 Å². The quantitative estimate of drug-likeness (QED) is 0.578. The smallest absolute Gasteiger partial charge is 0.291 e. The van der Waals surface area contributed by atoms with E-state index in [2.05, 4.69) is 20.7 Å². The molecular weight excluding hydrogens is 284 g/mol. The number of carbonyl (C=O) groups is 1. The monoisotopic (exact) mass is 300 g/mol. The van der Waals surface area contributed by atoms with Gasteiger partial charge in [-0.1, -0.05) is 0 Å². The van der Waals surface area contributed by atoms with Crippen molar-refractivity contribution < 1.29 is 14.6 Å². The molecule has 0 spiro atoms. The van der Waals surface area contributed by atoms with Gasteiger partial charge in [-0.2, -0.15) is 10.2 Å². The van der Waals surface area contributed by atoms with Crippen LogP contribution >= 0.6 is 0 Å². The zero-order valence-corrected chi connectivity index (χ0v) is 12.0. The van der Waals surface area contributed by atoms with Crippen LogP contribution in [0.3, 0.4) is 0 Å². The average Bonchev–Trinajstić information content (AvgIpc) is 3.26. The van der Waals surface area contributed by atoms with Crippen LogP contribution in [0.1, 0.15) is 40.5 Å². The molecule has 114 valence electrons. The van der Waals surface area contributed by atoms with Crippen LogP contribution in [0.5, 0.6) is 11.5 Å². The van der Waals surface area contributed by atoms with Gasteiger partial charge in [0, 0.05) is 11.6 Å². The highest BCUT2D eigenvalue weighted by Crippen LogP contribution is 2.38. The number of amides is 1. The molecule has 0 radical (unpaired) electrons. The van der Waals surface area contributed by atoms with Crippen LogP contribution < -0.4 is 10.2 Å². The van der Waals surface area contributed by atoms with E-state index in [1.54, 1.807) is 18.2 Å². The van der Waals surface area contributed by atoms with Gasteiger partial charge in [0.2, 0.25) is 0 Å². The van der Waals surface area contributed by atoms with Gasteiger partial charge in [0.15, 0.2) is 17.2 Å². The minimum atomic E-state index is -0.370. The highest BCUT2D eigenvalue weighted by Gasteiger charge is 2.26. The van der Waals surface area contributed by atoms with Crippen molar-refractivity contribution in [2.45, 2.75) is 18.8 Å². The second kappa shape index (κ2) is 5.88. The van der Waals surface area contributed by atoms with Crippen molar-refractivity contribution in [2.24, 2.45) is 5.10 Å². The number of phenols is 1. The number of methoxy groups -OCH3 is 1. The third-order valence-corrected chi connectivity index (χ3v) is 3.43. The third kappa shape index (κ3) is 3.08. The topological polar surface area (TPSA) is 99.6 Å². The molecule has 7 nitrogen and oxygen atoms in total. The van der Waals surface area contributed by atoms with Crippen molar-refractivity contribution in [1.29, 1.82) is 0 Å². The van der Waals surface area contributed by atoms with Crippen molar-refractivity contribution in [3.8, 4) is 11.5 Å². The van der Waals surface area contributed by atoms with Crippen molar-refractivity contribution in [2.75, 3.05) is 7.11 Å². The zero-order chi connectivity index (χ0) is 15.5. The molecule has 1 aliphatic rings. The number of ether oxygens (including phenoxy) is 1. The normalized spacial score (nSPS) is 14.2. The molecule has 1 aromatic heterocycles. The minimum absolute atomic E-state index is 0.0489. The number of hydrazone groups is 1. The van der Waals surface area contributed by atoms with Gasteiger partial charge in [-0.15, -0.1) is 0 Å². The molecule has 1 saturated carbocycles. The molecule has 3 rings (SSSR count). The van der Waals surface area contributed by atoms with Gasteiger partial charge in [0.25, 0.3) is 5.91 Å². The second-order valence-corrected chi connectivity index (χ2v) is 5.11. The van der Waals surface area contributed by atoms with Crippen LogP contribution in [-0.4, -0.2) is 34.5 Å². The number of hydrogen-bond donors (Lipinski definition) is 3. The maximum atomic E-state index is 11.9. The van der Waals surface area contributed by atoms with E-state index in [4.69, 9.17) is 4.74 Å². The molecule has 1 aromatic carbocycles. The summed E-state index contributed by atoms with van der Waals surface area (Å²) in [5.74, 6) is 0.539. The number of nitrogens with zero attached hydrogens (tertiary/aromatic N) is 2. The van der Waals surface area contributed by atoms with E-state index in [0.29, 0.717) is 22.9 Å². The molecular formula is C15H16N4O3. The molecule has 22 heavy (non-hydrogen) atoms. The van der Waals surface area contributed by atoms with E-state index in [9.17, 15) is 9.90 Å². The maximum Gasteiger partial charge on any atom is 0.291 e. The predicted octanol–water partition coefficient (Wildman–Crippen LogP) is 1.77. The molecule has 0 unspecified atom stereocenters. The lowest BCUT2D eigenvalue weighted by Gasteiger charge is -2.03. The van der Waals surface area contributed by atoms with Gasteiger partial charge in [0.1, 0.15) is 0 Å². The Morgan fingerprint density at radius 3 is 3.05 bits per heavy atom. The SMILES string of the molecule is COc1cc(/C=N/NC(=O)c2cc(C3CC3)[nH]n2)ccc1O. The molecule has 1 heterocycles. The fourth-order valence-electron chi connectivity index (χ4n) is 2.05. The summed E-state index contributed by atoms with van der Waals surface area (Å²) in [6.45, 7) is 0. The first-order chi connectivity index (χ1) is 10.7. The number of carbonyl (C=O) groups excluding carboxylic acids is 1. The van der Waals surface area contributed by atoms with E-state index in [1.807, 2.05) is 0 Å². The summed E-state index contributed by atoms with van der Waals surface area (Å²) in [7, 11) is 1.47. The van der Waals surface area contributed by atoms with Crippen molar-refractivity contribution in [3.05, 3.63) is 41.2 Å². The van der Waals surface area contributed by atoms with Crippen LogP contribution in [-0.2, 0) is 0 Å². The van der Waals surface area contributed by atoms with E-state index in [1.165, 1.54) is 19.4 Å². The number of aromatic nitrogens is 2. The van der Waals surface area contributed by atoms with Crippen molar-refractivity contribution in [3.63, 3.8) is 0 Å². The van der Waals surface area contributed by atoms with Crippen LogP contribution in [0, 0.1) is 0 Å². The van der Waals surface area contributed by atoms with E-state index in [0.717, 1.165) is 18.5 Å². The Morgan fingerprint density at radius 1 is 1.50 bits per heavy atom. The molecule has 1 fully saturated rings. The van der Waals surface area contributed by atoms with Gasteiger partial charge in [0.05, 0.1) is 13.3 Å². The van der Waals surface area contributed by atoms with Crippen LogP contribution in [0.4, 0.5) is 0 Å². The summed E-state index contributed by atoms with van der Waals surface area (Å²) in [5, 5.41) is 20.2. The number of aromatic hydroxyl groups is 1. The van der Waals surface area contributed by atoms with Gasteiger partial charge >= 0.3 is 0 Å². The summed E-state index contributed by atoms with van der Waals surface area (Å²) in [5.41, 5.74) is 4.43. The third-order valence-electron chi connectivity index (χ3n) is 3.43. The highest BCUT2D eigenvalue weighted by atomic mass is 16.5. The minimum Gasteiger partial charge on any atom is -0.504 e. The number of H-pyrrole nitrogens is 1. The number of nitrogens with one attached hydrogen (secondary N) is 2. The van der Waals surface area contributed by atoms with Crippen molar-refractivity contribution in [1.82, 2.24) is 15.6 Å². The average molecular weight is 300 g/mol. The van der Waals surface area contributed by atoms with Crippen LogP contribution in [0.2, 0.25) is 0 Å². The molecule has 2 aromatic rings. The largest absolute Gasteiger partial charge is 0.504 e. The van der Waals surface area contributed by atoms with Crippen molar-refractivity contribution >= 4 is 12.1 Å². The first-order valence-electron chi connectivity index (χ1n) is 6.93. The van der Waals surface area contributed by atoms with E-state index in [-0.39, 0.29) is 11.7 Å². The highest BCUT2D eigenvalue weighted by molar-refractivity contribution is 5.93. The molecule has 1 aliphatic carbocycles. The Morgan fingerprint density at radius 2 is 2.32 bits per heavy atom. The number of hydrogen-bond acceptors (Lipinski definition) is 5. The summed E-state index contributed by atoms with van der Waals surface area (Å²) in [6, 6.07) is 6.53. The Hall–Kier alpha value is -2.83. The van der Waals surface area contributed by atoms with Crippen LogP contribution in [0.25, 0.3) is 0 Å². The number of rotatable bonds is 5. The Bertz CT molecular complexity index is 719. The molecule has 0 bridgehead atoms. The Balaban J connectivity index is 1.62. The Kier molecular flexibility index (Phi) is 3.78. The number of phenolic OH excluding ortho intramolecular Hbond substituents is 1. The first kappa shape index (κ1) is 14.1. The zero-order valence-electron chi connectivity index (χ0n) is 12.0. The summed E-state index contributed by atoms with van der Waals surface area (Å²) >= 11 is 0.